The van der Waals surface area contributed by atoms with Gasteiger partial charge in [-0.25, -0.2) is 9.37 Å². The minimum absolute atomic E-state index is 0.147. The van der Waals surface area contributed by atoms with Crippen LogP contribution in [-0.2, 0) is 18.4 Å². The number of aromatic nitrogens is 1. The molecule has 0 saturated heterocycles. The number of rotatable bonds is 7. The van der Waals surface area contributed by atoms with Crippen LogP contribution in [0.1, 0.15) is 70.0 Å². The average molecular weight is 627 g/mol. The van der Waals surface area contributed by atoms with Crippen molar-refractivity contribution in [2.24, 2.45) is 0 Å². The third-order valence-corrected chi connectivity index (χ3v) is 8.72. The topological polar surface area (TPSA) is 126 Å². The number of fused-ring (bicyclic) bond motifs is 4. The number of ether oxygens (including phenoxy) is 1. The van der Waals surface area contributed by atoms with E-state index in [1.807, 2.05) is 0 Å². The van der Waals surface area contributed by atoms with Crippen molar-refractivity contribution in [3.63, 3.8) is 0 Å². The molecule has 2 heterocycles. The first-order valence-corrected chi connectivity index (χ1v) is 15.9. The van der Waals surface area contributed by atoms with E-state index in [1.54, 1.807) is 18.2 Å². The van der Waals surface area contributed by atoms with E-state index in [1.165, 1.54) is 41.8 Å². The van der Waals surface area contributed by atoms with Crippen molar-refractivity contribution < 1.29 is 28.2 Å². The molecule has 0 radical (unpaired) electrons. The zero-order valence-corrected chi connectivity index (χ0v) is 25.9. The molecule has 2 amide bonds. The second-order valence-corrected chi connectivity index (χ2v) is 12.1. The van der Waals surface area contributed by atoms with Gasteiger partial charge in [0.1, 0.15) is 17.8 Å². The number of aryl methyl sites for hydroxylation is 1. The van der Waals surface area contributed by atoms with Gasteiger partial charge < -0.3 is 30.2 Å². The molecule has 4 N–H and O–H groups in total. The van der Waals surface area contributed by atoms with Crippen LogP contribution >= 0.6 is 0 Å². The quantitative estimate of drug-likeness (QED) is 0.229. The Morgan fingerprint density at radius 2 is 1.85 bits per heavy atom. The molecule has 1 aliphatic carbocycles. The maximum Gasteiger partial charge on any atom is 0.251 e. The van der Waals surface area contributed by atoms with E-state index in [4.69, 9.17) is 9.15 Å². The number of hydrogen-bond acceptors (Lipinski definition) is 7. The van der Waals surface area contributed by atoms with Crippen LogP contribution in [0.2, 0.25) is 0 Å². The lowest BCUT2D eigenvalue weighted by Crippen LogP contribution is -2.50. The number of carbonyl (C=O) groups excluding carboxylic acids is 2. The maximum atomic E-state index is 14.7. The molecule has 1 aliphatic heterocycles. The minimum atomic E-state index is -1.02. The van der Waals surface area contributed by atoms with Gasteiger partial charge in [-0.05, 0) is 85.5 Å². The highest BCUT2D eigenvalue weighted by Crippen LogP contribution is 2.45. The molecular formula is C36H39FN4O5. The molecule has 4 aromatic rings. The summed E-state index contributed by atoms with van der Waals surface area (Å²) in [5.74, 6) is -0.673. The second-order valence-electron chi connectivity index (χ2n) is 12.1. The summed E-state index contributed by atoms with van der Waals surface area (Å²) in [6, 6.07) is 16.9. The number of aliphatic hydroxyl groups is 1. The van der Waals surface area contributed by atoms with Gasteiger partial charge in [0, 0.05) is 41.4 Å². The Balaban J connectivity index is 1.30. The Morgan fingerprint density at radius 3 is 2.61 bits per heavy atom. The molecular weight excluding hydrogens is 587 g/mol. The van der Waals surface area contributed by atoms with E-state index >= 15 is 0 Å². The number of amides is 2. The van der Waals surface area contributed by atoms with Crippen molar-refractivity contribution in [1.29, 1.82) is 0 Å². The van der Waals surface area contributed by atoms with Gasteiger partial charge in [0.05, 0.1) is 24.9 Å². The molecule has 0 unspecified atom stereocenters. The first kappa shape index (κ1) is 31.4. The fourth-order valence-corrected chi connectivity index (χ4v) is 5.93. The lowest BCUT2D eigenvalue weighted by molar-refractivity contribution is 0.0822. The van der Waals surface area contributed by atoms with E-state index < -0.39 is 23.9 Å². The summed E-state index contributed by atoms with van der Waals surface area (Å²) in [6.07, 6.45) is 6.12. The van der Waals surface area contributed by atoms with Gasteiger partial charge in [0.25, 0.3) is 11.8 Å². The number of benzene rings is 3. The predicted molar refractivity (Wildman–Crippen MR) is 171 cm³/mol. The Morgan fingerprint density at radius 1 is 1.04 bits per heavy atom. The van der Waals surface area contributed by atoms with E-state index in [9.17, 15) is 19.1 Å². The molecule has 10 heteroatoms. The van der Waals surface area contributed by atoms with Crippen LogP contribution in [0.4, 0.5) is 4.39 Å². The number of halogens is 1. The van der Waals surface area contributed by atoms with Crippen LogP contribution in [-0.4, -0.2) is 53.7 Å². The normalized spacial score (nSPS) is 18.9. The van der Waals surface area contributed by atoms with Crippen LogP contribution in [0.5, 0.6) is 5.75 Å². The van der Waals surface area contributed by atoms with Crippen LogP contribution in [0.3, 0.4) is 0 Å². The van der Waals surface area contributed by atoms with Crippen molar-refractivity contribution in [2.75, 3.05) is 19.7 Å². The maximum absolute atomic E-state index is 14.7. The Bertz CT molecular complexity index is 1690. The third kappa shape index (κ3) is 7.46. The summed E-state index contributed by atoms with van der Waals surface area (Å²) in [7, 11) is 0. The molecule has 9 nitrogen and oxygen atoms in total. The number of carbonyl (C=O) groups is 2. The predicted octanol–water partition coefficient (Wildman–Crippen LogP) is 4.93. The van der Waals surface area contributed by atoms with E-state index in [0.29, 0.717) is 42.9 Å². The largest absolute Gasteiger partial charge is 0.493 e. The number of nitrogens with one attached hydrogen (secondary N) is 3. The number of oxazole rings is 1. The summed E-state index contributed by atoms with van der Waals surface area (Å²) < 4.78 is 26.0. The second kappa shape index (κ2) is 13.8. The van der Waals surface area contributed by atoms with E-state index in [-0.39, 0.29) is 41.4 Å². The van der Waals surface area contributed by atoms with Crippen molar-refractivity contribution in [1.82, 2.24) is 20.9 Å². The van der Waals surface area contributed by atoms with Gasteiger partial charge in [-0.15, -0.1) is 0 Å². The first-order chi connectivity index (χ1) is 22.3. The molecule has 2 aliphatic rings. The van der Waals surface area contributed by atoms with Crippen molar-refractivity contribution in [3.05, 3.63) is 107 Å². The third-order valence-electron chi connectivity index (χ3n) is 8.72. The molecule has 0 spiro atoms. The summed E-state index contributed by atoms with van der Waals surface area (Å²) in [5, 5.41) is 21.0. The highest BCUT2D eigenvalue weighted by molar-refractivity contribution is 6.01. The summed E-state index contributed by atoms with van der Waals surface area (Å²) in [5.41, 5.74) is 3.71. The number of aliphatic hydroxyl groups excluding tert-OH is 1. The summed E-state index contributed by atoms with van der Waals surface area (Å²) >= 11 is 0. The standard InChI is InChI=1S/C36H39FN4O5/c1-2-23-6-5-7-28(14-23)36(8-9-36)40-22-32(42)31-17-24-15-29(37)21-30(16-24)45-12-4-3-10-38-33(43)25-18-26(34(44)41-31)20-27(19-25)35-39-11-13-46-35/h5-7,11,13-16,18-21,31-32,40,42H,2-4,8-10,12,17,22H2,1H3,(H,38,43)(H,41,44)/t31-,32+/m0/s1. The Hall–Kier alpha value is -4.54. The molecule has 2 atom stereocenters. The van der Waals surface area contributed by atoms with E-state index in [0.717, 1.165) is 19.3 Å². The molecule has 1 fully saturated rings. The van der Waals surface area contributed by atoms with Gasteiger partial charge in [-0.3, -0.25) is 9.59 Å². The highest BCUT2D eigenvalue weighted by atomic mass is 19.1. The molecule has 1 saturated carbocycles. The average Bonchev–Trinajstić information content (AvgIpc) is 3.65. The number of nitrogens with zero attached hydrogens (tertiary/aromatic N) is 1. The van der Waals surface area contributed by atoms with Crippen LogP contribution in [0, 0.1) is 5.82 Å². The fourth-order valence-electron chi connectivity index (χ4n) is 5.93. The van der Waals surface area contributed by atoms with Crippen molar-refractivity contribution in [2.45, 2.75) is 63.1 Å². The highest BCUT2D eigenvalue weighted by Gasteiger charge is 2.44. The SMILES string of the molecule is CCc1cccc(C2(NC[C@@H](O)[C@@H]3Cc4cc(F)cc(c4)OCCCCNC(=O)c4cc(cc(-c5ncco5)c4)C(=O)N3)CC2)c1. The fraction of sp³-hybridized carbons (Fsp3) is 0.361. The molecule has 4 bridgehead atoms. The van der Waals surface area contributed by atoms with Gasteiger partial charge in [-0.1, -0.05) is 31.2 Å². The Kier molecular flexibility index (Phi) is 9.46. The summed E-state index contributed by atoms with van der Waals surface area (Å²) in [4.78, 5) is 31.2. The molecule has 240 valence electrons. The molecule has 3 aromatic carbocycles. The summed E-state index contributed by atoms with van der Waals surface area (Å²) in [6.45, 7) is 3.06. The van der Waals surface area contributed by atoms with Crippen molar-refractivity contribution >= 4 is 11.8 Å². The van der Waals surface area contributed by atoms with Gasteiger partial charge >= 0.3 is 0 Å². The zero-order chi connectivity index (χ0) is 32.1. The molecule has 46 heavy (non-hydrogen) atoms. The minimum Gasteiger partial charge on any atom is -0.493 e. The molecule has 6 rings (SSSR count). The van der Waals surface area contributed by atoms with Crippen LogP contribution < -0.4 is 20.7 Å². The zero-order valence-electron chi connectivity index (χ0n) is 25.9. The molecule has 1 aromatic heterocycles. The number of hydrogen-bond donors (Lipinski definition) is 4. The lowest BCUT2D eigenvalue weighted by Gasteiger charge is -2.28. The Labute approximate surface area is 267 Å². The van der Waals surface area contributed by atoms with Gasteiger partial charge in [0.2, 0.25) is 5.89 Å². The first-order valence-electron chi connectivity index (χ1n) is 15.9. The lowest BCUT2D eigenvalue weighted by atomic mass is 9.97. The smallest absolute Gasteiger partial charge is 0.251 e. The van der Waals surface area contributed by atoms with E-state index in [2.05, 4.69) is 52.1 Å². The van der Waals surface area contributed by atoms with Gasteiger partial charge in [-0.2, -0.15) is 0 Å². The van der Waals surface area contributed by atoms with Crippen molar-refractivity contribution in [3.8, 4) is 17.2 Å². The van der Waals surface area contributed by atoms with Gasteiger partial charge in [0.15, 0.2) is 0 Å². The van der Waals surface area contributed by atoms with Crippen LogP contribution in [0.15, 0.2) is 77.5 Å². The van der Waals surface area contributed by atoms with Crippen LogP contribution in [0.25, 0.3) is 11.5 Å². The monoisotopic (exact) mass is 626 g/mol.